The van der Waals surface area contributed by atoms with Crippen molar-refractivity contribution in [1.82, 2.24) is 14.5 Å². The maximum Gasteiger partial charge on any atom is 0.261 e. The molecule has 0 saturated carbocycles. The second-order valence-corrected chi connectivity index (χ2v) is 4.77. The van der Waals surface area contributed by atoms with Gasteiger partial charge in [-0.1, -0.05) is 0 Å². The Kier molecular flexibility index (Phi) is 2.78. The molecule has 1 aromatic carbocycles. The molecule has 1 aliphatic heterocycles. The summed E-state index contributed by atoms with van der Waals surface area (Å²) in [5, 5.41) is 0. The van der Waals surface area contributed by atoms with E-state index in [0.717, 1.165) is 5.82 Å². The Labute approximate surface area is 115 Å². The highest BCUT2D eigenvalue weighted by Gasteiger charge is 2.35. The molecule has 2 aromatic rings. The van der Waals surface area contributed by atoms with Crippen LogP contribution >= 0.6 is 0 Å². The van der Waals surface area contributed by atoms with Gasteiger partial charge in [0.05, 0.1) is 11.1 Å². The van der Waals surface area contributed by atoms with E-state index >= 15 is 0 Å². The van der Waals surface area contributed by atoms with Crippen molar-refractivity contribution in [3.63, 3.8) is 0 Å². The summed E-state index contributed by atoms with van der Waals surface area (Å²) in [7, 11) is 1.88. The van der Waals surface area contributed by atoms with Gasteiger partial charge in [-0.25, -0.2) is 4.98 Å². The Morgan fingerprint density at radius 2 is 1.95 bits per heavy atom. The molecule has 2 heterocycles. The van der Waals surface area contributed by atoms with Crippen LogP contribution in [0.2, 0.25) is 0 Å². The first-order chi connectivity index (χ1) is 9.58. The molecule has 0 atom stereocenters. The van der Waals surface area contributed by atoms with Gasteiger partial charge in [0.1, 0.15) is 5.82 Å². The lowest BCUT2D eigenvalue weighted by molar-refractivity contribution is 0.0655. The molecule has 3 rings (SSSR count). The van der Waals surface area contributed by atoms with E-state index in [2.05, 4.69) is 4.98 Å². The van der Waals surface area contributed by atoms with Gasteiger partial charge in [-0.2, -0.15) is 0 Å². The van der Waals surface area contributed by atoms with Crippen LogP contribution in [0.25, 0.3) is 0 Å². The number of hydrogen-bond donors (Lipinski definition) is 1. The van der Waals surface area contributed by atoms with Crippen LogP contribution in [-0.4, -0.2) is 32.8 Å². The highest BCUT2D eigenvalue weighted by molar-refractivity contribution is 6.21. The Hall–Kier alpha value is -2.63. The Balaban J connectivity index is 1.81. The molecule has 102 valence electrons. The number of imidazole rings is 1. The lowest BCUT2D eigenvalue weighted by Gasteiger charge is -2.13. The number of nitrogens with two attached hydrogens (primary N) is 1. The fourth-order valence-electron chi connectivity index (χ4n) is 2.36. The third-order valence-corrected chi connectivity index (χ3v) is 3.47. The number of aryl methyl sites for hydroxylation is 1. The van der Waals surface area contributed by atoms with E-state index in [1.807, 2.05) is 17.8 Å². The zero-order valence-electron chi connectivity index (χ0n) is 11.0. The third kappa shape index (κ3) is 1.85. The van der Waals surface area contributed by atoms with E-state index < -0.39 is 0 Å². The van der Waals surface area contributed by atoms with Gasteiger partial charge in [-0.05, 0) is 18.2 Å². The minimum Gasteiger partial charge on any atom is -0.399 e. The first-order valence-corrected chi connectivity index (χ1v) is 6.30. The van der Waals surface area contributed by atoms with Crippen LogP contribution < -0.4 is 5.73 Å². The molecule has 1 aromatic heterocycles. The van der Waals surface area contributed by atoms with Crippen LogP contribution in [-0.2, 0) is 13.5 Å². The van der Waals surface area contributed by atoms with Crippen molar-refractivity contribution in [3.8, 4) is 0 Å². The predicted octanol–water partition coefficient (Wildman–Crippen LogP) is 0.841. The van der Waals surface area contributed by atoms with Gasteiger partial charge in [-0.3, -0.25) is 14.5 Å². The van der Waals surface area contributed by atoms with E-state index in [1.54, 1.807) is 24.4 Å². The van der Waals surface area contributed by atoms with Crippen LogP contribution in [0.4, 0.5) is 5.69 Å². The second-order valence-electron chi connectivity index (χ2n) is 4.77. The number of carbonyl (C=O) groups excluding carboxylic acids is 2. The third-order valence-electron chi connectivity index (χ3n) is 3.47. The molecule has 0 fully saturated rings. The number of nitrogen functional groups attached to an aromatic ring is 1. The fraction of sp³-hybridized carbons (Fsp3) is 0.214. The first-order valence-electron chi connectivity index (χ1n) is 6.30. The van der Waals surface area contributed by atoms with E-state index in [4.69, 9.17) is 5.73 Å². The standard InChI is InChI=1S/C14H14N4O2/c1-17-7-5-16-12(17)4-6-18-13(19)10-3-2-9(15)8-11(10)14(18)20/h2-3,5,7-8H,4,6,15H2,1H3. The lowest BCUT2D eigenvalue weighted by Crippen LogP contribution is -2.32. The van der Waals surface area contributed by atoms with E-state index in [9.17, 15) is 9.59 Å². The van der Waals surface area contributed by atoms with E-state index in [-0.39, 0.29) is 11.8 Å². The summed E-state index contributed by atoms with van der Waals surface area (Å²) < 4.78 is 1.87. The maximum absolute atomic E-state index is 12.2. The number of anilines is 1. The Bertz CT molecular complexity index is 705. The van der Waals surface area contributed by atoms with Crippen LogP contribution in [0.15, 0.2) is 30.6 Å². The van der Waals surface area contributed by atoms with Crippen molar-refractivity contribution in [1.29, 1.82) is 0 Å². The molecular weight excluding hydrogens is 256 g/mol. The molecule has 0 spiro atoms. The number of rotatable bonds is 3. The molecular formula is C14H14N4O2. The molecule has 0 aliphatic carbocycles. The number of amides is 2. The number of benzene rings is 1. The molecule has 6 nitrogen and oxygen atoms in total. The summed E-state index contributed by atoms with van der Waals surface area (Å²) in [4.78, 5) is 29.9. The monoisotopic (exact) mass is 270 g/mol. The quantitative estimate of drug-likeness (QED) is 0.662. The summed E-state index contributed by atoms with van der Waals surface area (Å²) in [5.74, 6) is 0.284. The van der Waals surface area contributed by atoms with Crippen LogP contribution in [0.5, 0.6) is 0 Å². The van der Waals surface area contributed by atoms with Crippen LogP contribution in [0.3, 0.4) is 0 Å². The molecule has 1 aliphatic rings. The normalized spacial score (nSPS) is 13.9. The maximum atomic E-state index is 12.2. The SMILES string of the molecule is Cn1ccnc1CCN1C(=O)c2ccc(N)cc2C1=O. The highest BCUT2D eigenvalue weighted by Crippen LogP contribution is 2.24. The fourth-order valence-corrected chi connectivity index (χ4v) is 2.36. The van der Waals surface area contributed by atoms with Crippen LogP contribution in [0, 0.1) is 0 Å². The van der Waals surface area contributed by atoms with Gasteiger partial charge < -0.3 is 10.3 Å². The minimum absolute atomic E-state index is 0.265. The smallest absolute Gasteiger partial charge is 0.261 e. The number of fused-ring (bicyclic) bond motifs is 1. The lowest BCUT2D eigenvalue weighted by atomic mass is 10.1. The summed E-state index contributed by atoms with van der Waals surface area (Å²) in [5.41, 5.74) is 6.95. The minimum atomic E-state index is -0.286. The van der Waals surface area contributed by atoms with Crippen molar-refractivity contribution >= 4 is 17.5 Å². The molecule has 20 heavy (non-hydrogen) atoms. The first kappa shape index (κ1) is 12.4. The summed E-state index contributed by atoms with van der Waals surface area (Å²) >= 11 is 0. The van der Waals surface area contributed by atoms with Gasteiger partial charge in [0, 0.05) is 38.1 Å². The Morgan fingerprint density at radius 1 is 1.20 bits per heavy atom. The topological polar surface area (TPSA) is 81.2 Å². The average Bonchev–Trinajstić information content (AvgIpc) is 2.92. The van der Waals surface area contributed by atoms with E-state index in [1.165, 1.54) is 4.90 Å². The zero-order chi connectivity index (χ0) is 14.3. The van der Waals surface area contributed by atoms with Crippen molar-refractivity contribution < 1.29 is 9.59 Å². The number of aromatic nitrogens is 2. The van der Waals surface area contributed by atoms with Gasteiger partial charge in [-0.15, -0.1) is 0 Å². The molecule has 2 N–H and O–H groups in total. The van der Waals surface area contributed by atoms with Gasteiger partial charge in [0.15, 0.2) is 0 Å². The number of carbonyl (C=O) groups is 2. The number of imide groups is 1. The van der Waals surface area contributed by atoms with Gasteiger partial charge in [0.2, 0.25) is 0 Å². The highest BCUT2D eigenvalue weighted by atomic mass is 16.2. The van der Waals surface area contributed by atoms with Gasteiger partial charge in [0.25, 0.3) is 11.8 Å². The molecule has 6 heteroatoms. The molecule has 0 radical (unpaired) electrons. The molecule has 0 bridgehead atoms. The second kappa shape index (κ2) is 4.48. The van der Waals surface area contributed by atoms with E-state index in [0.29, 0.717) is 29.8 Å². The van der Waals surface area contributed by atoms with Crippen molar-refractivity contribution in [2.45, 2.75) is 6.42 Å². The van der Waals surface area contributed by atoms with Gasteiger partial charge >= 0.3 is 0 Å². The van der Waals surface area contributed by atoms with Crippen molar-refractivity contribution in [2.24, 2.45) is 7.05 Å². The largest absolute Gasteiger partial charge is 0.399 e. The zero-order valence-corrected chi connectivity index (χ0v) is 11.0. The predicted molar refractivity (Wildman–Crippen MR) is 73.1 cm³/mol. The molecule has 0 saturated heterocycles. The summed E-state index contributed by atoms with van der Waals surface area (Å²) in [6.07, 6.45) is 4.06. The Morgan fingerprint density at radius 3 is 2.65 bits per heavy atom. The van der Waals surface area contributed by atoms with Crippen LogP contribution in [0.1, 0.15) is 26.5 Å². The summed E-state index contributed by atoms with van der Waals surface area (Å²) in [6.45, 7) is 0.317. The molecule has 0 unspecified atom stereocenters. The summed E-state index contributed by atoms with van der Waals surface area (Å²) in [6, 6.07) is 4.79. The molecule has 2 amide bonds. The number of hydrogen-bond acceptors (Lipinski definition) is 4. The number of nitrogens with zero attached hydrogens (tertiary/aromatic N) is 3. The van der Waals surface area contributed by atoms with Crippen molar-refractivity contribution in [3.05, 3.63) is 47.5 Å². The average molecular weight is 270 g/mol. The van der Waals surface area contributed by atoms with Crippen molar-refractivity contribution in [2.75, 3.05) is 12.3 Å².